The molecule has 0 saturated carbocycles. The molecule has 1 atom stereocenters. The molecular formula is C21H23N3O3. The number of nitrogens with one attached hydrogen (secondary N) is 1. The maximum atomic E-state index is 13.0. The van der Waals surface area contributed by atoms with Crippen LogP contribution >= 0.6 is 0 Å². The molecule has 27 heavy (non-hydrogen) atoms. The Morgan fingerprint density at radius 3 is 2.56 bits per heavy atom. The van der Waals surface area contributed by atoms with Crippen LogP contribution in [0.1, 0.15) is 34.7 Å². The third-order valence-corrected chi connectivity index (χ3v) is 4.27. The zero-order valence-electron chi connectivity index (χ0n) is 15.7. The quantitative estimate of drug-likeness (QED) is 0.697. The largest absolute Gasteiger partial charge is 0.497 e. The van der Waals surface area contributed by atoms with Gasteiger partial charge in [0.2, 0.25) is 0 Å². The fraction of sp³-hybridized carbons (Fsp3) is 0.238. The van der Waals surface area contributed by atoms with Crippen molar-refractivity contribution in [1.29, 1.82) is 0 Å². The van der Waals surface area contributed by atoms with Crippen molar-refractivity contribution in [3.63, 3.8) is 0 Å². The van der Waals surface area contributed by atoms with Gasteiger partial charge < -0.3 is 19.4 Å². The number of hydrogen-bond donors (Lipinski definition) is 1. The molecule has 0 aliphatic heterocycles. The number of aromatic nitrogens is 2. The van der Waals surface area contributed by atoms with Gasteiger partial charge in [0.15, 0.2) is 0 Å². The summed E-state index contributed by atoms with van der Waals surface area (Å²) in [6, 6.07) is 14.4. The normalized spacial score (nSPS) is 11.7. The molecule has 1 amide bonds. The van der Waals surface area contributed by atoms with Crippen LogP contribution in [0.15, 0.2) is 60.9 Å². The number of hydrogen-bond acceptors (Lipinski definition) is 4. The van der Waals surface area contributed by atoms with Crippen molar-refractivity contribution in [3.05, 3.63) is 77.9 Å². The predicted molar refractivity (Wildman–Crippen MR) is 103 cm³/mol. The summed E-state index contributed by atoms with van der Waals surface area (Å²) in [6.45, 7) is 2.38. The molecule has 0 saturated heterocycles. The summed E-state index contributed by atoms with van der Waals surface area (Å²) >= 11 is 0. The SMILES string of the molecule is CCOc1ccccc1C(=O)NC(c1ccc(OC)cc1)c1nccn1C. The lowest BCUT2D eigenvalue weighted by Gasteiger charge is -2.20. The number of ether oxygens (including phenoxy) is 2. The minimum Gasteiger partial charge on any atom is -0.497 e. The van der Waals surface area contributed by atoms with E-state index in [2.05, 4.69) is 10.3 Å². The molecule has 0 spiro atoms. The van der Waals surface area contributed by atoms with Crippen molar-refractivity contribution >= 4 is 5.91 Å². The Balaban J connectivity index is 1.94. The summed E-state index contributed by atoms with van der Waals surface area (Å²) < 4.78 is 12.7. The number of rotatable bonds is 7. The predicted octanol–water partition coefficient (Wildman–Crippen LogP) is 3.35. The van der Waals surface area contributed by atoms with Crippen LogP contribution in [0.25, 0.3) is 0 Å². The van der Waals surface area contributed by atoms with Gasteiger partial charge in [0.25, 0.3) is 5.91 Å². The number of imidazole rings is 1. The second kappa shape index (κ2) is 8.40. The fourth-order valence-electron chi connectivity index (χ4n) is 2.89. The summed E-state index contributed by atoms with van der Waals surface area (Å²) in [7, 11) is 3.52. The highest BCUT2D eigenvalue weighted by atomic mass is 16.5. The van der Waals surface area contributed by atoms with Gasteiger partial charge in [-0.15, -0.1) is 0 Å². The molecule has 140 valence electrons. The fourth-order valence-corrected chi connectivity index (χ4v) is 2.89. The van der Waals surface area contributed by atoms with E-state index >= 15 is 0 Å². The van der Waals surface area contributed by atoms with Gasteiger partial charge in [0.05, 0.1) is 19.3 Å². The first-order chi connectivity index (χ1) is 13.1. The zero-order valence-corrected chi connectivity index (χ0v) is 15.7. The molecule has 3 aromatic rings. The van der Waals surface area contributed by atoms with Gasteiger partial charge >= 0.3 is 0 Å². The lowest BCUT2D eigenvalue weighted by atomic mass is 10.0. The maximum Gasteiger partial charge on any atom is 0.255 e. The van der Waals surface area contributed by atoms with Crippen molar-refractivity contribution in [1.82, 2.24) is 14.9 Å². The summed E-state index contributed by atoms with van der Waals surface area (Å²) in [6.07, 6.45) is 3.57. The Labute approximate surface area is 158 Å². The average molecular weight is 365 g/mol. The van der Waals surface area contributed by atoms with Gasteiger partial charge in [-0.25, -0.2) is 4.98 Å². The highest BCUT2D eigenvalue weighted by Gasteiger charge is 2.23. The average Bonchev–Trinajstić information content (AvgIpc) is 3.12. The standard InChI is InChI=1S/C21H23N3O3/c1-4-27-18-8-6-5-7-17(18)21(25)23-19(20-22-13-14-24(20)2)15-9-11-16(26-3)12-10-15/h5-14,19H,4H2,1-3H3,(H,23,25). The summed E-state index contributed by atoms with van der Waals surface area (Å²) in [5.41, 5.74) is 1.40. The molecule has 1 N–H and O–H groups in total. The number of benzene rings is 2. The molecule has 0 aliphatic carbocycles. The molecule has 0 fully saturated rings. The summed E-state index contributed by atoms with van der Waals surface area (Å²) in [4.78, 5) is 17.4. The molecular weight excluding hydrogens is 342 g/mol. The van der Waals surface area contributed by atoms with Crippen LogP contribution in [0.4, 0.5) is 0 Å². The Bertz CT molecular complexity index is 903. The van der Waals surface area contributed by atoms with Crippen molar-refractivity contribution in [2.75, 3.05) is 13.7 Å². The van der Waals surface area contributed by atoms with E-state index < -0.39 is 6.04 Å². The number of aryl methyl sites for hydroxylation is 1. The summed E-state index contributed by atoms with van der Waals surface area (Å²) in [5.74, 6) is 1.83. The molecule has 3 rings (SSSR count). The summed E-state index contributed by atoms with van der Waals surface area (Å²) in [5, 5.41) is 3.09. The zero-order chi connectivity index (χ0) is 19.2. The van der Waals surface area contributed by atoms with Gasteiger partial charge in [-0.2, -0.15) is 0 Å². The van der Waals surface area contributed by atoms with E-state index in [1.165, 1.54) is 0 Å². The first-order valence-electron chi connectivity index (χ1n) is 8.78. The van der Waals surface area contributed by atoms with Crippen LogP contribution in [-0.2, 0) is 7.05 Å². The monoisotopic (exact) mass is 365 g/mol. The van der Waals surface area contributed by atoms with Gasteiger partial charge in [-0.1, -0.05) is 24.3 Å². The number of carbonyl (C=O) groups is 1. The lowest BCUT2D eigenvalue weighted by molar-refractivity contribution is 0.0937. The Morgan fingerprint density at radius 1 is 1.19 bits per heavy atom. The van der Waals surface area contributed by atoms with E-state index in [-0.39, 0.29) is 5.91 Å². The molecule has 0 bridgehead atoms. The van der Waals surface area contributed by atoms with E-state index in [0.29, 0.717) is 17.9 Å². The van der Waals surface area contributed by atoms with Crippen LogP contribution in [0.5, 0.6) is 11.5 Å². The van der Waals surface area contributed by atoms with Gasteiger partial charge in [-0.3, -0.25) is 4.79 Å². The first-order valence-corrected chi connectivity index (χ1v) is 8.78. The number of carbonyl (C=O) groups excluding carboxylic acids is 1. The molecule has 1 unspecified atom stereocenters. The number of amides is 1. The third kappa shape index (κ3) is 4.11. The van der Waals surface area contributed by atoms with E-state index in [0.717, 1.165) is 17.1 Å². The van der Waals surface area contributed by atoms with Crippen LogP contribution < -0.4 is 14.8 Å². The van der Waals surface area contributed by atoms with Gasteiger partial charge in [0, 0.05) is 19.4 Å². The van der Waals surface area contributed by atoms with Crippen molar-refractivity contribution in [2.45, 2.75) is 13.0 Å². The van der Waals surface area contributed by atoms with E-state index in [4.69, 9.17) is 9.47 Å². The molecule has 6 nitrogen and oxygen atoms in total. The van der Waals surface area contributed by atoms with Crippen molar-refractivity contribution in [3.8, 4) is 11.5 Å². The lowest BCUT2D eigenvalue weighted by Crippen LogP contribution is -2.31. The van der Waals surface area contributed by atoms with Crippen LogP contribution in [0, 0.1) is 0 Å². The molecule has 0 radical (unpaired) electrons. The third-order valence-electron chi connectivity index (χ3n) is 4.27. The van der Waals surface area contributed by atoms with E-state index in [1.807, 2.05) is 61.1 Å². The van der Waals surface area contributed by atoms with Gasteiger partial charge in [0.1, 0.15) is 23.4 Å². The second-order valence-corrected chi connectivity index (χ2v) is 6.01. The Morgan fingerprint density at radius 2 is 1.93 bits per heavy atom. The van der Waals surface area contributed by atoms with Crippen LogP contribution in [0.2, 0.25) is 0 Å². The van der Waals surface area contributed by atoms with Crippen LogP contribution in [-0.4, -0.2) is 29.2 Å². The van der Waals surface area contributed by atoms with Crippen molar-refractivity contribution in [2.24, 2.45) is 7.05 Å². The molecule has 6 heteroatoms. The van der Waals surface area contributed by atoms with E-state index in [9.17, 15) is 4.79 Å². The molecule has 2 aromatic carbocycles. The number of nitrogens with zero attached hydrogens (tertiary/aromatic N) is 2. The smallest absolute Gasteiger partial charge is 0.255 e. The minimum atomic E-state index is -0.405. The second-order valence-electron chi connectivity index (χ2n) is 6.01. The molecule has 0 aliphatic rings. The molecule has 1 aromatic heterocycles. The Kier molecular flexibility index (Phi) is 5.76. The Hall–Kier alpha value is -3.28. The van der Waals surface area contributed by atoms with E-state index in [1.54, 1.807) is 25.4 Å². The number of methoxy groups -OCH3 is 1. The van der Waals surface area contributed by atoms with Crippen LogP contribution in [0.3, 0.4) is 0 Å². The highest BCUT2D eigenvalue weighted by molar-refractivity contribution is 5.97. The maximum absolute atomic E-state index is 13.0. The topological polar surface area (TPSA) is 65.4 Å². The highest BCUT2D eigenvalue weighted by Crippen LogP contribution is 2.25. The number of para-hydroxylation sites is 1. The minimum absolute atomic E-state index is 0.220. The first kappa shape index (κ1) is 18.5. The molecule has 1 heterocycles. The van der Waals surface area contributed by atoms with Gasteiger partial charge in [-0.05, 0) is 36.8 Å². The van der Waals surface area contributed by atoms with Crippen molar-refractivity contribution < 1.29 is 14.3 Å².